The van der Waals surface area contributed by atoms with Crippen molar-refractivity contribution in [2.75, 3.05) is 13.1 Å². The van der Waals surface area contributed by atoms with E-state index in [1.807, 2.05) is 13.8 Å². The second-order valence-corrected chi connectivity index (χ2v) is 14.1. The monoisotopic (exact) mass is 746 g/mol. The zero-order valence-electron chi connectivity index (χ0n) is 32.2. The molecule has 292 valence electrons. The van der Waals surface area contributed by atoms with Gasteiger partial charge in [-0.1, -0.05) is 63.1 Å². The van der Waals surface area contributed by atoms with Crippen molar-refractivity contribution in [1.82, 2.24) is 9.80 Å². The number of carbonyl (C=O) groups is 4. The van der Waals surface area contributed by atoms with Crippen LogP contribution in [0.1, 0.15) is 124 Å². The Kier molecular flexibility index (Phi) is 18.0. The third-order valence-corrected chi connectivity index (χ3v) is 9.99. The van der Waals surface area contributed by atoms with Crippen molar-refractivity contribution in [3.8, 4) is 0 Å². The lowest BCUT2D eigenvalue weighted by Crippen LogP contribution is -2.33. The average Bonchev–Trinajstić information content (AvgIpc) is 3.71. The number of benzene rings is 2. The van der Waals surface area contributed by atoms with Crippen molar-refractivity contribution >= 4 is 23.8 Å². The normalized spacial score (nSPS) is 18.3. The van der Waals surface area contributed by atoms with E-state index < -0.39 is 11.9 Å². The van der Waals surface area contributed by atoms with Crippen molar-refractivity contribution < 1.29 is 38.2 Å². The molecule has 0 radical (unpaired) electrons. The van der Waals surface area contributed by atoms with Crippen LogP contribution in [0.3, 0.4) is 0 Å². The molecule has 10 heteroatoms. The zero-order chi connectivity index (χ0) is 39.6. The summed E-state index contributed by atoms with van der Waals surface area (Å²) in [5.74, 6) is -2.15. The first-order valence-electron chi connectivity index (χ1n) is 19.1. The van der Waals surface area contributed by atoms with Gasteiger partial charge in [-0.3, -0.25) is 9.59 Å². The first kappa shape index (κ1) is 43.5. The van der Waals surface area contributed by atoms with Crippen molar-refractivity contribution in [3.05, 3.63) is 118 Å². The number of unbranched alkanes of at least 4 members (excludes halogenated alkanes) is 2. The Morgan fingerprint density at radius 3 is 1.33 bits per heavy atom. The number of carbonyl (C=O) groups excluding carboxylic acids is 2. The topological polar surface area (TPSA) is 115 Å². The Hall–Kier alpha value is -4.86. The van der Waals surface area contributed by atoms with Gasteiger partial charge in [-0.15, -0.1) is 0 Å². The Labute approximate surface area is 318 Å². The van der Waals surface area contributed by atoms with E-state index in [0.29, 0.717) is 51.6 Å². The molecule has 2 amide bonds. The summed E-state index contributed by atoms with van der Waals surface area (Å²) in [6.07, 6.45) is 15.8. The van der Waals surface area contributed by atoms with Crippen LogP contribution in [0.2, 0.25) is 0 Å². The number of hydrogen-bond acceptors (Lipinski definition) is 4. The first-order valence-corrected chi connectivity index (χ1v) is 19.1. The summed E-state index contributed by atoms with van der Waals surface area (Å²) in [6.45, 7) is 8.87. The zero-order valence-corrected chi connectivity index (χ0v) is 32.2. The minimum Gasteiger partial charge on any atom is -0.478 e. The average molecular weight is 747 g/mol. The van der Waals surface area contributed by atoms with E-state index in [-0.39, 0.29) is 46.7 Å². The van der Waals surface area contributed by atoms with Gasteiger partial charge in [0, 0.05) is 25.9 Å². The molecule has 2 atom stereocenters. The lowest BCUT2D eigenvalue weighted by molar-refractivity contribution is -0.129. The van der Waals surface area contributed by atoms with Gasteiger partial charge in [-0.25, -0.2) is 18.4 Å². The maximum Gasteiger partial charge on any atom is 0.335 e. The van der Waals surface area contributed by atoms with E-state index in [1.165, 1.54) is 12.2 Å². The highest BCUT2D eigenvalue weighted by atomic mass is 19.1. The summed E-state index contributed by atoms with van der Waals surface area (Å²) in [6, 6.07) is 13.2. The number of nitrogens with zero attached hydrogens (tertiary/aromatic N) is 2. The number of carboxylic acids is 2. The first-order chi connectivity index (χ1) is 25.8. The number of hydrogen-bond donors (Lipinski definition) is 2. The van der Waals surface area contributed by atoms with Crippen LogP contribution in [0.15, 0.2) is 95.6 Å². The molecular formula is C44H56F2N2O6. The molecule has 0 spiro atoms. The largest absolute Gasteiger partial charge is 0.478 e. The molecule has 2 fully saturated rings. The standard InChI is InChI=1S/2C22H28FNO3/c2*1-3-4-5-16(2)20(23)12-10-19-11-13-21(25)24(19)15-14-17-6-8-18(9-7-17)22(26)27/h2*6-10,12,19H,3-5,11,13-15H2,1-2H3,(H,26,27)/b12-10+,20-16+;12-10-,20-16+/t2*19-/m00/s1. The SMILES string of the molecule is CCCC/C(C)=C(F)\C=C/[C@H]1CCC(=O)N1CCc1ccc(C(=O)O)cc1.CCCC/C(C)=C(F)\C=C\[C@H]1CCC(=O)N1CCc1ccc(C(=O)O)cc1. The highest BCUT2D eigenvalue weighted by molar-refractivity contribution is 5.88. The van der Waals surface area contributed by atoms with E-state index in [1.54, 1.807) is 70.5 Å². The van der Waals surface area contributed by atoms with Gasteiger partial charge in [0.15, 0.2) is 0 Å². The predicted octanol–water partition coefficient (Wildman–Crippen LogP) is 9.82. The highest BCUT2D eigenvalue weighted by Crippen LogP contribution is 2.24. The summed E-state index contributed by atoms with van der Waals surface area (Å²) < 4.78 is 28.4. The van der Waals surface area contributed by atoms with E-state index in [4.69, 9.17) is 10.2 Å². The van der Waals surface area contributed by atoms with Crippen molar-refractivity contribution in [2.45, 2.75) is 117 Å². The van der Waals surface area contributed by atoms with Gasteiger partial charge in [0.25, 0.3) is 0 Å². The second kappa shape index (κ2) is 22.4. The molecule has 2 saturated heterocycles. The van der Waals surface area contributed by atoms with Crippen molar-refractivity contribution in [1.29, 1.82) is 0 Å². The molecule has 8 nitrogen and oxygen atoms in total. The maximum absolute atomic E-state index is 14.2. The van der Waals surface area contributed by atoms with Gasteiger partial charge >= 0.3 is 11.9 Å². The third-order valence-electron chi connectivity index (χ3n) is 9.99. The number of carboxylic acid groups (broad SMARTS) is 2. The van der Waals surface area contributed by atoms with E-state index in [2.05, 4.69) is 13.8 Å². The number of rotatable bonds is 18. The van der Waals surface area contributed by atoms with Gasteiger partial charge in [0.2, 0.25) is 11.8 Å². The highest BCUT2D eigenvalue weighted by Gasteiger charge is 2.29. The van der Waals surface area contributed by atoms with Crippen LogP contribution in [0.4, 0.5) is 8.78 Å². The Bertz CT molecular complexity index is 1570. The molecule has 0 aromatic heterocycles. The van der Waals surface area contributed by atoms with Crippen LogP contribution < -0.4 is 0 Å². The summed E-state index contributed by atoms with van der Waals surface area (Å²) in [5, 5.41) is 17.9. The second-order valence-electron chi connectivity index (χ2n) is 14.1. The van der Waals surface area contributed by atoms with Gasteiger partial charge in [0.05, 0.1) is 23.2 Å². The molecule has 2 heterocycles. The summed E-state index contributed by atoms with van der Waals surface area (Å²) >= 11 is 0. The molecule has 2 aromatic rings. The molecule has 54 heavy (non-hydrogen) atoms. The van der Waals surface area contributed by atoms with Crippen LogP contribution in [0, 0.1) is 0 Å². The fourth-order valence-electron chi connectivity index (χ4n) is 6.42. The minimum atomic E-state index is -0.953. The number of halogens is 2. The van der Waals surface area contributed by atoms with Gasteiger partial charge < -0.3 is 20.0 Å². The lowest BCUT2D eigenvalue weighted by atomic mass is 10.1. The third kappa shape index (κ3) is 13.8. The van der Waals surface area contributed by atoms with E-state index >= 15 is 0 Å². The minimum absolute atomic E-state index is 0.0823. The van der Waals surface area contributed by atoms with Crippen molar-refractivity contribution in [2.24, 2.45) is 0 Å². The Morgan fingerprint density at radius 1 is 0.667 bits per heavy atom. The fourth-order valence-corrected chi connectivity index (χ4v) is 6.42. The van der Waals surface area contributed by atoms with Crippen LogP contribution in [0.5, 0.6) is 0 Å². The lowest BCUT2D eigenvalue weighted by Gasteiger charge is -2.22. The molecule has 0 unspecified atom stereocenters. The number of likely N-dealkylation sites (tertiary alicyclic amines) is 2. The van der Waals surface area contributed by atoms with Crippen LogP contribution in [-0.4, -0.2) is 68.9 Å². The molecule has 2 aliphatic heterocycles. The molecule has 2 N–H and O–H groups in total. The van der Waals surface area contributed by atoms with E-state index in [9.17, 15) is 28.0 Å². The van der Waals surface area contributed by atoms with Gasteiger partial charge in [0.1, 0.15) is 11.7 Å². The predicted molar refractivity (Wildman–Crippen MR) is 209 cm³/mol. The molecule has 2 aromatic carbocycles. The Balaban J connectivity index is 0.000000290. The molecule has 2 aliphatic rings. The molecule has 0 bridgehead atoms. The summed E-state index contributed by atoms with van der Waals surface area (Å²) in [5.41, 5.74) is 3.95. The number of allylic oxidation sites excluding steroid dienone is 6. The molecule has 0 saturated carbocycles. The quantitative estimate of drug-likeness (QED) is 0.147. The molecule has 0 aliphatic carbocycles. The van der Waals surface area contributed by atoms with E-state index in [0.717, 1.165) is 60.8 Å². The van der Waals surface area contributed by atoms with Crippen molar-refractivity contribution in [3.63, 3.8) is 0 Å². The van der Waals surface area contributed by atoms with Crippen LogP contribution >= 0.6 is 0 Å². The Morgan fingerprint density at radius 2 is 1.02 bits per heavy atom. The molecular weight excluding hydrogens is 690 g/mol. The van der Waals surface area contributed by atoms with Crippen LogP contribution in [-0.2, 0) is 22.4 Å². The number of aromatic carboxylic acids is 2. The van der Waals surface area contributed by atoms with Gasteiger partial charge in [-0.05, 0) is 124 Å². The smallest absolute Gasteiger partial charge is 0.335 e. The maximum atomic E-state index is 14.2. The fraction of sp³-hybridized carbons (Fsp3) is 0.455. The van der Waals surface area contributed by atoms with Gasteiger partial charge in [-0.2, -0.15) is 0 Å². The number of amides is 2. The summed E-state index contributed by atoms with van der Waals surface area (Å²) in [4.78, 5) is 49.7. The summed E-state index contributed by atoms with van der Waals surface area (Å²) in [7, 11) is 0. The molecule has 4 rings (SSSR count). The van der Waals surface area contributed by atoms with Crippen LogP contribution in [0.25, 0.3) is 0 Å².